The van der Waals surface area contributed by atoms with Gasteiger partial charge in [-0.15, -0.1) is 11.6 Å². The van der Waals surface area contributed by atoms with Gasteiger partial charge in [0.1, 0.15) is 11.3 Å². The Morgan fingerprint density at radius 2 is 1.86 bits per heavy atom. The second-order valence-electron chi connectivity index (χ2n) is 6.61. The van der Waals surface area contributed by atoms with Gasteiger partial charge in [0, 0.05) is 37.6 Å². The molecule has 2 saturated heterocycles. The van der Waals surface area contributed by atoms with Crippen LogP contribution in [-0.2, 0) is 19.5 Å². The van der Waals surface area contributed by atoms with E-state index < -0.39 is 21.3 Å². The van der Waals surface area contributed by atoms with Crippen molar-refractivity contribution < 1.29 is 22.7 Å². The molecular weight excluding hydrogens is 440 g/mol. The van der Waals surface area contributed by atoms with Crippen LogP contribution in [-0.4, -0.2) is 81.7 Å². The molecule has 0 radical (unpaired) electrons. The molecule has 1 aromatic carbocycles. The number of hydrogen-bond acceptors (Lipinski definition) is 7. The van der Waals surface area contributed by atoms with Crippen molar-refractivity contribution in [3.63, 3.8) is 0 Å². The summed E-state index contributed by atoms with van der Waals surface area (Å²) >= 11 is 10.4. The first-order valence-electron chi connectivity index (χ1n) is 9.03. The van der Waals surface area contributed by atoms with Gasteiger partial charge < -0.3 is 19.7 Å². The maximum absolute atomic E-state index is 12.2. The van der Waals surface area contributed by atoms with Crippen molar-refractivity contribution in [2.45, 2.75) is 6.10 Å². The largest absolute Gasteiger partial charge is 0.474 e. The molecule has 12 heteroatoms. The maximum atomic E-state index is 12.2. The zero-order valence-electron chi connectivity index (χ0n) is 15.9. The monoisotopic (exact) mass is 462 g/mol. The fourth-order valence-corrected chi connectivity index (χ4v) is 4.60. The molecule has 2 heterocycles. The minimum absolute atomic E-state index is 0.253. The highest BCUT2D eigenvalue weighted by Crippen LogP contribution is 2.25. The number of carbonyl (C=O) groups excluding carboxylic acids is 1. The normalized spacial score (nSPS) is 20.5. The van der Waals surface area contributed by atoms with Gasteiger partial charge in [-0.1, -0.05) is 0 Å². The van der Waals surface area contributed by atoms with Crippen LogP contribution in [0.25, 0.3) is 0 Å². The lowest BCUT2D eigenvalue weighted by atomic mass is 10.2. The Morgan fingerprint density at radius 1 is 1.24 bits per heavy atom. The van der Waals surface area contributed by atoms with E-state index in [0.717, 1.165) is 11.4 Å². The summed E-state index contributed by atoms with van der Waals surface area (Å²) in [6.45, 7) is 2.73. The standard InChI is InChI=1S/C17H23ClN4O5S2/c1-26-16(28)19-10-15-11-22(17(23)27-15)14-4-2-13(3-5-14)20-6-8-21(9-7-20)29(24,25)12-18/h2-5,15H,6-12H2,1H3,(H,19,28). The lowest BCUT2D eigenvalue weighted by Gasteiger charge is -2.35. The van der Waals surface area contributed by atoms with Crippen LogP contribution in [0.4, 0.5) is 16.2 Å². The first kappa shape index (κ1) is 21.9. The maximum Gasteiger partial charge on any atom is 0.414 e. The van der Waals surface area contributed by atoms with Gasteiger partial charge in [-0.25, -0.2) is 13.2 Å². The number of hydrogen-bond donors (Lipinski definition) is 1. The molecule has 2 aliphatic rings. The van der Waals surface area contributed by atoms with Crippen molar-refractivity contribution in [3.8, 4) is 0 Å². The van der Waals surface area contributed by atoms with Crippen LogP contribution < -0.4 is 15.1 Å². The third kappa shape index (κ3) is 5.21. The number of nitrogens with zero attached hydrogens (tertiary/aromatic N) is 3. The number of piperazine rings is 1. The van der Waals surface area contributed by atoms with Crippen molar-refractivity contribution in [1.29, 1.82) is 0 Å². The summed E-state index contributed by atoms with van der Waals surface area (Å²) in [4.78, 5) is 15.8. The highest BCUT2D eigenvalue weighted by Gasteiger charge is 2.32. The number of rotatable bonds is 6. The summed E-state index contributed by atoms with van der Waals surface area (Å²) in [5, 5.41) is 2.73. The number of benzene rings is 1. The zero-order chi connectivity index (χ0) is 21.0. The van der Waals surface area contributed by atoms with Crippen LogP contribution in [0, 0.1) is 0 Å². The van der Waals surface area contributed by atoms with E-state index in [2.05, 4.69) is 10.2 Å². The van der Waals surface area contributed by atoms with Crippen LogP contribution in [0.3, 0.4) is 0 Å². The van der Waals surface area contributed by atoms with E-state index in [4.69, 9.17) is 33.3 Å². The Hall–Kier alpha value is -1.82. The molecule has 9 nitrogen and oxygen atoms in total. The van der Waals surface area contributed by atoms with Crippen LogP contribution in [0.1, 0.15) is 0 Å². The fraction of sp³-hybridized carbons (Fsp3) is 0.529. The number of alkyl halides is 1. The highest BCUT2D eigenvalue weighted by molar-refractivity contribution is 7.90. The molecule has 160 valence electrons. The SMILES string of the molecule is COC(=S)NCC1CN(c2ccc(N3CCN(S(=O)(=O)CCl)CC3)cc2)C(=O)O1. The number of halogens is 1. The van der Waals surface area contributed by atoms with E-state index in [1.807, 2.05) is 24.3 Å². The Balaban J connectivity index is 1.57. The zero-order valence-corrected chi connectivity index (χ0v) is 18.3. The minimum Gasteiger partial charge on any atom is -0.474 e. The molecule has 3 rings (SSSR count). The second kappa shape index (κ2) is 9.33. The van der Waals surface area contributed by atoms with Crippen molar-refractivity contribution >= 4 is 56.5 Å². The molecule has 0 bridgehead atoms. The lowest BCUT2D eigenvalue weighted by molar-refractivity contribution is 0.142. The molecule has 1 N–H and O–H groups in total. The summed E-state index contributed by atoms with van der Waals surface area (Å²) < 4.78 is 35.3. The molecule has 2 fully saturated rings. The Morgan fingerprint density at radius 3 is 2.45 bits per heavy atom. The third-order valence-electron chi connectivity index (χ3n) is 4.83. The molecular formula is C17H23ClN4O5S2. The van der Waals surface area contributed by atoms with Crippen molar-refractivity contribution in [3.05, 3.63) is 24.3 Å². The Labute approximate surface area is 180 Å². The van der Waals surface area contributed by atoms with E-state index in [-0.39, 0.29) is 11.3 Å². The smallest absolute Gasteiger partial charge is 0.414 e. The highest BCUT2D eigenvalue weighted by atomic mass is 35.5. The quantitative estimate of drug-likeness (QED) is 0.498. The minimum atomic E-state index is -3.38. The first-order chi connectivity index (χ1) is 13.8. The molecule has 0 aromatic heterocycles. The van der Waals surface area contributed by atoms with E-state index >= 15 is 0 Å². The molecule has 0 saturated carbocycles. The second-order valence-corrected chi connectivity index (χ2v) is 9.54. The summed E-state index contributed by atoms with van der Waals surface area (Å²) in [7, 11) is -1.90. The average molecular weight is 463 g/mol. The summed E-state index contributed by atoms with van der Waals surface area (Å²) in [5.41, 5.74) is 1.70. The fourth-order valence-electron chi connectivity index (χ4n) is 3.24. The third-order valence-corrected chi connectivity index (χ3v) is 7.40. The molecule has 1 unspecified atom stereocenters. The molecule has 1 aromatic rings. The van der Waals surface area contributed by atoms with Gasteiger partial charge in [-0.05, 0) is 36.5 Å². The van der Waals surface area contributed by atoms with Gasteiger partial charge in [0.05, 0.1) is 20.2 Å². The molecule has 1 amide bonds. The Bertz CT molecular complexity index is 844. The number of carbonyl (C=O) groups is 1. The molecule has 0 aliphatic carbocycles. The number of ether oxygens (including phenoxy) is 2. The van der Waals surface area contributed by atoms with Gasteiger partial charge in [-0.3, -0.25) is 4.90 Å². The van der Waals surface area contributed by atoms with Gasteiger partial charge in [0.15, 0.2) is 0 Å². The van der Waals surface area contributed by atoms with Crippen LogP contribution in [0.5, 0.6) is 0 Å². The van der Waals surface area contributed by atoms with E-state index in [0.29, 0.717) is 39.3 Å². The van der Waals surface area contributed by atoms with Crippen LogP contribution in [0.15, 0.2) is 24.3 Å². The van der Waals surface area contributed by atoms with Crippen molar-refractivity contribution in [1.82, 2.24) is 9.62 Å². The summed E-state index contributed by atoms with van der Waals surface area (Å²) in [6.07, 6.45) is -0.736. The summed E-state index contributed by atoms with van der Waals surface area (Å²) in [5.74, 6) is 0. The van der Waals surface area contributed by atoms with Gasteiger partial charge in [0.2, 0.25) is 10.0 Å². The number of amides is 1. The summed E-state index contributed by atoms with van der Waals surface area (Å²) in [6, 6.07) is 7.54. The Kier molecular flexibility index (Phi) is 7.04. The first-order valence-corrected chi connectivity index (χ1v) is 11.6. The van der Waals surface area contributed by atoms with E-state index in [1.54, 1.807) is 4.90 Å². The molecule has 2 aliphatic heterocycles. The van der Waals surface area contributed by atoms with E-state index in [1.165, 1.54) is 11.4 Å². The van der Waals surface area contributed by atoms with Gasteiger partial charge in [0.25, 0.3) is 5.17 Å². The molecule has 1 atom stereocenters. The molecule has 0 spiro atoms. The van der Waals surface area contributed by atoms with Crippen molar-refractivity contribution in [2.75, 3.05) is 61.4 Å². The van der Waals surface area contributed by atoms with Crippen molar-refractivity contribution in [2.24, 2.45) is 0 Å². The average Bonchev–Trinajstić information content (AvgIpc) is 3.12. The molecule has 29 heavy (non-hydrogen) atoms. The van der Waals surface area contributed by atoms with E-state index in [9.17, 15) is 13.2 Å². The lowest BCUT2D eigenvalue weighted by Crippen LogP contribution is -2.49. The number of cyclic esters (lactones) is 1. The number of nitrogens with one attached hydrogen (secondary N) is 1. The number of sulfonamides is 1. The number of thiocarbonyl (C=S) groups is 1. The van der Waals surface area contributed by atoms with Gasteiger partial charge >= 0.3 is 6.09 Å². The number of methoxy groups -OCH3 is 1. The predicted octanol–water partition coefficient (Wildman–Crippen LogP) is 1.18. The topological polar surface area (TPSA) is 91.4 Å². The van der Waals surface area contributed by atoms with Crippen LogP contribution in [0.2, 0.25) is 0 Å². The van der Waals surface area contributed by atoms with Crippen LogP contribution >= 0.6 is 23.8 Å². The number of anilines is 2. The predicted molar refractivity (Wildman–Crippen MR) is 115 cm³/mol. The van der Waals surface area contributed by atoms with Gasteiger partial charge in [-0.2, -0.15) is 4.31 Å².